The highest BCUT2D eigenvalue weighted by molar-refractivity contribution is 6.07. The summed E-state index contributed by atoms with van der Waals surface area (Å²) >= 11 is 0. The van der Waals surface area contributed by atoms with E-state index in [1.165, 1.54) is 7.11 Å². The zero-order chi connectivity index (χ0) is 22.2. The number of nitrogens with zero attached hydrogens (tertiary/aromatic N) is 1. The van der Waals surface area contributed by atoms with Gasteiger partial charge >= 0.3 is 0 Å². The minimum absolute atomic E-state index is 0.181. The number of anilines is 2. The Morgan fingerprint density at radius 2 is 1.77 bits per heavy atom. The van der Waals surface area contributed by atoms with Crippen LogP contribution in [0.2, 0.25) is 0 Å². The van der Waals surface area contributed by atoms with Crippen molar-refractivity contribution in [1.29, 1.82) is 0 Å². The molecule has 1 saturated heterocycles. The van der Waals surface area contributed by atoms with E-state index in [1.54, 1.807) is 31.4 Å². The molecule has 2 amide bonds. The highest BCUT2D eigenvalue weighted by atomic mass is 16.5. The highest BCUT2D eigenvalue weighted by Crippen LogP contribution is 2.29. The van der Waals surface area contributed by atoms with Gasteiger partial charge in [-0.15, -0.1) is 0 Å². The van der Waals surface area contributed by atoms with Crippen LogP contribution in [0.25, 0.3) is 0 Å². The predicted octanol–water partition coefficient (Wildman–Crippen LogP) is 3.56. The first-order valence-electron chi connectivity index (χ1n) is 10.6. The number of methoxy groups -OCH3 is 2. The second-order valence-electron chi connectivity index (χ2n) is 7.80. The molecule has 0 spiro atoms. The highest BCUT2D eigenvalue weighted by Gasteiger charge is 2.22. The molecule has 2 aromatic rings. The third-order valence-corrected chi connectivity index (χ3v) is 5.57. The van der Waals surface area contributed by atoms with Crippen LogP contribution >= 0.6 is 0 Å². The zero-order valence-electron chi connectivity index (χ0n) is 18.4. The molecule has 2 aromatic carbocycles. The quantitative estimate of drug-likeness (QED) is 0.632. The largest absolute Gasteiger partial charge is 0.496 e. The SMILES string of the molecule is COCCNC(=O)c1cc(NC(=O)c2ccccc2OC)ccc1N1CCC(C)CC1. The molecular weight excluding hydrogens is 394 g/mol. The standard InChI is InChI=1S/C24H31N3O4/c1-17-10-13-27(14-11-17)21-9-8-18(16-20(21)23(28)25-12-15-30-2)26-24(29)19-6-4-5-7-22(19)31-3/h4-9,16-17H,10-15H2,1-3H3,(H,25,28)(H,26,29). The van der Waals surface area contributed by atoms with Crippen LogP contribution in [0.3, 0.4) is 0 Å². The van der Waals surface area contributed by atoms with E-state index in [0.717, 1.165) is 31.6 Å². The zero-order valence-corrected chi connectivity index (χ0v) is 18.4. The molecule has 31 heavy (non-hydrogen) atoms. The molecule has 3 rings (SSSR count). The number of nitrogens with one attached hydrogen (secondary N) is 2. The Hall–Kier alpha value is -3.06. The lowest BCUT2D eigenvalue weighted by atomic mass is 9.97. The van der Waals surface area contributed by atoms with Gasteiger partial charge in [-0.2, -0.15) is 0 Å². The fourth-order valence-electron chi connectivity index (χ4n) is 3.71. The number of piperidine rings is 1. The van der Waals surface area contributed by atoms with Crippen molar-refractivity contribution in [3.63, 3.8) is 0 Å². The molecule has 0 radical (unpaired) electrons. The molecule has 2 N–H and O–H groups in total. The molecule has 1 aliphatic heterocycles. The van der Waals surface area contributed by atoms with Crippen molar-refractivity contribution in [1.82, 2.24) is 5.32 Å². The van der Waals surface area contributed by atoms with Gasteiger partial charge in [0.2, 0.25) is 0 Å². The second kappa shape index (κ2) is 10.8. The molecule has 7 heteroatoms. The third-order valence-electron chi connectivity index (χ3n) is 5.57. The summed E-state index contributed by atoms with van der Waals surface area (Å²) < 4.78 is 10.3. The molecular formula is C24H31N3O4. The summed E-state index contributed by atoms with van der Waals surface area (Å²) in [7, 11) is 3.13. The first-order valence-corrected chi connectivity index (χ1v) is 10.6. The van der Waals surface area contributed by atoms with Crippen LogP contribution in [0.15, 0.2) is 42.5 Å². The van der Waals surface area contributed by atoms with E-state index in [2.05, 4.69) is 22.5 Å². The van der Waals surface area contributed by atoms with Crippen molar-refractivity contribution in [2.24, 2.45) is 5.92 Å². The maximum atomic E-state index is 12.9. The summed E-state index contributed by atoms with van der Waals surface area (Å²) in [6.07, 6.45) is 2.19. The van der Waals surface area contributed by atoms with Crippen molar-refractivity contribution in [2.75, 3.05) is 50.7 Å². The van der Waals surface area contributed by atoms with Crippen molar-refractivity contribution in [3.8, 4) is 5.75 Å². The van der Waals surface area contributed by atoms with Crippen molar-refractivity contribution in [2.45, 2.75) is 19.8 Å². The summed E-state index contributed by atoms with van der Waals surface area (Å²) in [5.74, 6) is 0.716. The number of amides is 2. The fourth-order valence-corrected chi connectivity index (χ4v) is 3.71. The monoisotopic (exact) mass is 425 g/mol. The van der Waals surface area contributed by atoms with Crippen LogP contribution in [0, 0.1) is 5.92 Å². The van der Waals surface area contributed by atoms with Crippen LogP contribution in [-0.4, -0.2) is 52.3 Å². The maximum Gasteiger partial charge on any atom is 0.259 e. The number of carbonyl (C=O) groups excluding carboxylic acids is 2. The average Bonchev–Trinajstić information content (AvgIpc) is 2.79. The van der Waals surface area contributed by atoms with E-state index in [-0.39, 0.29) is 11.8 Å². The van der Waals surface area contributed by atoms with Crippen molar-refractivity contribution >= 4 is 23.2 Å². The molecule has 0 aliphatic carbocycles. The number of hydrogen-bond acceptors (Lipinski definition) is 5. The van der Waals surface area contributed by atoms with E-state index < -0.39 is 0 Å². The molecule has 0 bridgehead atoms. The van der Waals surface area contributed by atoms with Crippen molar-refractivity contribution < 1.29 is 19.1 Å². The second-order valence-corrected chi connectivity index (χ2v) is 7.80. The van der Waals surface area contributed by atoms with Crippen molar-refractivity contribution in [3.05, 3.63) is 53.6 Å². The Morgan fingerprint density at radius 1 is 1.03 bits per heavy atom. The smallest absolute Gasteiger partial charge is 0.259 e. The van der Waals surface area contributed by atoms with E-state index in [0.29, 0.717) is 41.6 Å². The molecule has 1 heterocycles. The minimum atomic E-state index is -0.289. The van der Waals surface area contributed by atoms with Gasteiger partial charge in [-0.25, -0.2) is 0 Å². The van der Waals surface area contributed by atoms with Crippen LogP contribution in [0.4, 0.5) is 11.4 Å². The van der Waals surface area contributed by atoms with Gasteiger partial charge in [0.25, 0.3) is 11.8 Å². The lowest BCUT2D eigenvalue weighted by Crippen LogP contribution is -2.35. The van der Waals surface area contributed by atoms with E-state index in [1.807, 2.05) is 18.2 Å². The molecule has 0 aromatic heterocycles. The topological polar surface area (TPSA) is 79.9 Å². The Kier molecular flexibility index (Phi) is 7.89. The maximum absolute atomic E-state index is 12.9. The Labute approximate surface area is 183 Å². The number of para-hydroxylation sites is 1. The van der Waals surface area contributed by atoms with Gasteiger partial charge in [0.05, 0.1) is 24.8 Å². The lowest BCUT2D eigenvalue weighted by Gasteiger charge is -2.33. The Bertz CT molecular complexity index is 907. The van der Waals surface area contributed by atoms with Gasteiger partial charge in [0, 0.05) is 38.1 Å². The molecule has 0 unspecified atom stereocenters. The van der Waals surface area contributed by atoms with E-state index >= 15 is 0 Å². The number of rotatable bonds is 8. The molecule has 0 atom stereocenters. The fraction of sp³-hybridized carbons (Fsp3) is 0.417. The first kappa shape index (κ1) is 22.6. The van der Waals surface area contributed by atoms with Crippen LogP contribution < -0.4 is 20.3 Å². The average molecular weight is 426 g/mol. The summed E-state index contributed by atoms with van der Waals surface area (Å²) in [6, 6.07) is 12.5. The number of carbonyl (C=O) groups is 2. The molecule has 0 saturated carbocycles. The molecule has 7 nitrogen and oxygen atoms in total. The van der Waals surface area contributed by atoms with E-state index in [9.17, 15) is 9.59 Å². The van der Waals surface area contributed by atoms with Gasteiger partial charge in [0.1, 0.15) is 5.75 Å². The molecule has 1 aliphatic rings. The summed E-state index contributed by atoms with van der Waals surface area (Å²) in [5, 5.41) is 5.79. The summed E-state index contributed by atoms with van der Waals surface area (Å²) in [4.78, 5) is 28.0. The molecule has 1 fully saturated rings. The lowest BCUT2D eigenvalue weighted by molar-refractivity contribution is 0.0936. The normalized spacial score (nSPS) is 14.2. The summed E-state index contributed by atoms with van der Waals surface area (Å²) in [5.41, 5.74) is 2.42. The molecule has 166 valence electrons. The van der Waals surface area contributed by atoms with Gasteiger partial charge < -0.3 is 25.0 Å². The van der Waals surface area contributed by atoms with Crippen LogP contribution in [-0.2, 0) is 4.74 Å². The number of benzene rings is 2. The minimum Gasteiger partial charge on any atom is -0.496 e. The first-order chi connectivity index (χ1) is 15.0. The van der Waals surface area contributed by atoms with Gasteiger partial charge in [-0.3, -0.25) is 9.59 Å². The van der Waals surface area contributed by atoms with Gasteiger partial charge in [-0.1, -0.05) is 19.1 Å². The van der Waals surface area contributed by atoms with Gasteiger partial charge in [-0.05, 0) is 49.1 Å². The van der Waals surface area contributed by atoms with Crippen LogP contribution in [0.5, 0.6) is 5.75 Å². The Morgan fingerprint density at radius 3 is 2.48 bits per heavy atom. The third kappa shape index (κ3) is 5.76. The van der Waals surface area contributed by atoms with E-state index in [4.69, 9.17) is 9.47 Å². The summed E-state index contributed by atoms with van der Waals surface area (Å²) in [6.45, 7) is 4.93. The van der Waals surface area contributed by atoms with Gasteiger partial charge in [0.15, 0.2) is 0 Å². The Balaban J connectivity index is 1.85. The number of ether oxygens (including phenoxy) is 2. The number of hydrogen-bond donors (Lipinski definition) is 2. The van der Waals surface area contributed by atoms with Crippen LogP contribution in [0.1, 0.15) is 40.5 Å². The predicted molar refractivity (Wildman–Crippen MR) is 122 cm³/mol.